The third-order valence-corrected chi connectivity index (χ3v) is 8.92. The fraction of sp³-hybridized carbons (Fsp3) is 0.348. The van der Waals surface area contributed by atoms with Crippen molar-refractivity contribution in [1.29, 1.82) is 0 Å². The maximum atomic E-state index is 13.1. The first-order chi connectivity index (χ1) is 18.6. The summed E-state index contributed by atoms with van der Waals surface area (Å²) in [6.45, 7) is 4.10. The van der Waals surface area contributed by atoms with Crippen molar-refractivity contribution >= 4 is 69.5 Å². The number of nitrogens with zero attached hydrogens (tertiary/aromatic N) is 4. The Morgan fingerprint density at radius 2 is 2.08 bits per heavy atom. The number of fused-ring (bicyclic) bond motifs is 1. The van der Waals surface area contributed by atoms with E-state index in [1.165, 1.54) is 40.7 Å². The van der Waals surface area contributed by atoms with E-state index >= 15 is 0 Å². The van der Waals surface area contributed by atoms with Gasteiger partial charge in [-0.05, 0) is 19.4 Å². The number of oxime groups is 1. The van der Waals surface area contributed by atoms with Crippen molar-refractivity contribution in [2.75, 3.05) is 17.2 Å². The van der Waals surface area contributed by atoms with Gasteiger partial charge in [-0.15, -0.1) is 34.9 Å². The van der Waals surface area contributed by atoms with Gasteiger partial charge in [0, 0.05) is 33.9 Å². The van der Waals surface area contributed by atoms with Gasteiger partial charge in [-0.3, -0.25) is 14.5 Å². The van der Waals surface area contributed by atoms with Crippen LogP contribution in [-0.4, -0.2) is 78.6 Å². The van der Waals surface area contributed by atoms with Crippen molar-refractivity contribution in [2.45, 2.75) is 42.8 Å². The fourth-order valence-electron chi connectivity index (χ4n) is 3.70. The number of aliphatic carboxylic acids is 2. The average Bonchev–Trinajstić information content (AvgIpc) is 3.35. The largest absolute Gasteiger partial charge is 0.478 e. The number of nitrogens with two attached hydrogens (primary N) is 1. The highest BCUT2D eigenvalue weighted by atomic mass is 32.2. The number of rotatable bonds is 11. The monoisotopic (exact) mass is 593 g/mol. The number of aryl methyl sites for hydroxylation is 1. The van der Waals surface area contributed by atoms with Gasteiger partial charge in [0.15, 0.2) is 23.2 Å². The first kappa shape index (κ1) is 28.4. The Kier molecular flexibility index (Phi) is 8.76. The Labute approximate surface area is 235 Å². The molecule has 0 spiro atoms. The number of nitrogens with one attached hydrogen (secondary N) is 1. The third-order valence-electron chi connectivity index (χ3n) is 5.80. The topological polar surface area (TPSA) is 188 Å². The van der Waals surface area contributed by atoms with E-state index in [9.17, 15) is 24.3 Å². The standard InChI is InChI=1S/C23H24N6O7S3/c1-3-28-6-4-13(5-7-28)37-8-12-9-38-20-16(19(31)29(20)17(12)22(34)35)26-18(30)15(14-10-39-23(24)25-14)27-36-11(2)21(32)33/h4-7,10-11,16,20H,3,8-9H2,1-2H3,(H4-,24,25,26,30,32,33,34,35)/p+1. The summed E-state index contributed by atoms with van der Waals surface area (Å²) in [6, 6.07) is 2.87. The van der Waals surface area contributed by atoms with Crippen molar-refractivity contribution in [3.05, 3.63) is 46.9 Å². The number of β-lactam (4-membered cyclic amide) rings is 1. The van der Waals surface area contributed by atoms with Gasteiger partial charge in [-0.25, -0.2) is 19.1 Å². The van der Waals surface area contributed by atoms with Crippen LogP contribution in [0.5, 0.6) is 0 Å². The number of thiazole rings is 1. The van der Waals surface area contributed by atoms with Gasteiger partial charge in [-0.1, -0.05) is 5.16 Å². The average molecular weight is 594 g/mol. The van der Waals surface area contributed by atoms with Gasteiger partial charge >= 0.3 is 11.9 Å². The number of amides is 2. The van der Waals surface area contributed by atoms with Crippen LogP contribution in [0.1, 0.15) is 19.5 Å². The predicted molar refractivity (Wildman–Crippen MR) is 144 cm³/mol. The highest BCUT2D eigenvalue weighted by Crippen LogP contribution is 2.41. The zero-order valence-electron chi connectivity index (χ0n) is 20.8. The van der Waals surface area contributed by atoms with Crippen LogP contribution in [0.15, 0.2) is 51.2 Å². The summed E-state index contributed by atoms with van der Waals surface area (Å²) in [5.41, 5.74) is 5.87. The minimum atomic E-state index is -1.35. The number of carbonyl (C=O) groups excluding carboxylic acids is 2. The number of aromatic nitrogens is 2. The van der Waals surface area contributed by atoms with Crippen LogP contribution in [0.4, 0.5) is 5.13 Å². The molecule has 0 aromatic carbocycles. The van der Waals surface area contributed by atoms with Crippen LogP contribution in [-0.2, 0) is 30.6 Å². The molecule has 2 aromatic rings. The number of hydrogen-bond donors (Lipinski definition) is 4. The van der Waals surface area contributed by atoms with Gasteiger partial charge in [0.25, 0.3) is 11.8 Å². The highest BCUT2D eigenvalue weighted by Gasteiger charge is 2.54. The molecule has 3 unspecified atom stereocenters. The smallest absolute Gasteiger partial charge is 0.352 e. The van der Waals surface area contributed by atoms with Crippen LogP contribution >= 0.6 is 34.9 Å². The second-order valence-corrected chi connectivity index (χ2v) is 11.4. The van der Waals surface area contributed by atoms with Crippen LogP contribution in [0.3, 0.4) is 0 Å². The summed E-state index contributed by atoms with van der Waals surface area (Å²) in [7, 11) is 0. The molecule has 0 aliphatic carbocycles. The molecule has 0 radical (unpaired) electrons. The lowest BCUT2D eigenvalue weighted by Gasteiger charge is -2.49. The summed E-state index contributed by atoms with van der Waals surface area (Å²) >= 11 is 3.85. The second kappa shape index (κ2) is 12.0. The molecule has 3 atom stereocenters. The Hall–Kier alpha value is -3.63. The van der Waals surface area contributed by atoms with E-state index in [1.807, 2.05) is 36.0 Å². The van der Waals surface area contributed by atoms with E-state index in [4.69, 9.17) is 15.7 Å². The Morgan fingerprint density at radius 1 is 1.36 bits per heavy atom. The number of nitrogen functional groups attached to an aromatic ring is 1. The van der Waals surface area contributed by atoms with Crippen molar-refractivity contribution in [1.82, 2.24) is 15.2 Å². The zero-order chi connectivity index (χ0) is 28.3. The molecule has 5 N–H and O–H groups in total. The van der Waals surface area contributed by atoms with Gasteiger partial charge in [0.05, 0.1) is 0 Å². The lowest BCUT2D eigenvalue weighted by Crippen LogP contribution is -2.71. The first-order valence-electron chi connectivity index (χ1n) is 11.6. The number of anilines is 1. The maximum Gasteiger partial charge on any atom is 0.352 e. The molecule has 2 aliphatic heterocycles. The van der Waals surface area contributed by atoms with E-state index in [1.54, 1.807) is 0 Å². The third kappa shape index (κ3) is 6.17. The van der Waals surface area contributed by atoms with Crippen LogP contribution in [0, 0.1) is 0 Å². The summed E-state index contributed by atoms with van der Waals surface area (Å²) in [4.78, 5) is 60.5. The van der Waals surface area contributed by atoms with Gasteiger partial charge < -0.3 is 26.1 Å². The lowest BCUT2D eigenvalue weighted by molar-refractivity contribution is -0.693. The van der Waals surface area contributed by atoms with E-state index < -0.39 is 41.3 Å². The van der Waals surface area contributed by atoms with E-state index in [-0.39, 0.29) is 22.2 Å². The Morgan fingerprint density at radius 3 is 2.67 bits per heavy atom. The van der Waals surface area contributed by atoms with E-state index in [0.717, 1.165) is 22.8 Å². The summed E-state index contributed by atoms with van der Waals surface area (Å²) in [6.07, 6.45) is 2.54. The Balaban J connectivity index is 1.49. The molecule has 0 saturated carbocycles. The molecule has 1 fully saturated rings. The van der Waals surface area contributed by atoms with Crippen molar-refractivity contribution in [3.8, 4) is 0 Å². The zero-order valence-corrected chi connectivity index (χ0v) is 23.2. The SMILES string of the molecule is CC[n+]1ccc(SCC2=C(C(=O)O)N3C(=O)C(NC(=O)C(=NOC(C)C(=O)O)c4csc(N)n4)C3SC2)cc1. The van der Waals surface area contributed by atoms with Crippen molar-refractivity contribution < 1.29 is 38.8 Å². The molecule has 16 heteroatoms. The molecule has 39 heavy (non-hydrogen) atoms. The summed E-state index contributed by atoms with van der Waals surface area (Å²) < 4.78 is 2.01. The van der Waals surface area contributed by atoms with Gasteiger partial charge in [0.1, 0.15) is 29.4 Å². The molecule has 2 amide bonds. The van der Waals surface area contributed by atoms with Crippen LogP contribution in [0.25, 0.3) is 0 Å². The minimum Gasteiger partial charge on any atom is -0.478 e. The molecule has 2 aromatic heterocycles. The molecule has 206 valence electrons. The molecule has 13 nitrogen and oxygen atoms in total. The number of carboxylic acid groups (broad SMARTS) is 2. The lowest BCUT2D eigenvalue weighted by atomic mass is 10.0. The summed E-state index contributed by atoms with van der Waals surface area (Å²) in [5, 5.41) is 26.1. The number of pyridine rings is 1. The molecule has 0 bridgehead atoms. The number of carboxylic acids is 2. The molecule has 4 rings (SSSR count). The normalized spacial score (nSPS) is 19.7. The van der Waals surface area contributed by atoms with Crippen molar-refractivity contribution in [2.24, 2.45) is 5.16 Å². The fourth-order valence-corrected chi connectivity index (χ4v) is 6.62. The second-order valence-electron chi connectivity index (χ2n) is 8.37. The highest BCUT2D eigenvalue weighted by molar-refractivity contribution is 8.01. The Bertz CT molecular complexity index is 1360. The molecule has 1 saturated heterocycles. The van der Waals surface area contributed by atoms with E-state index in [0.29, 0.717) is 17.1 Å². The number of carbonyl (C=O) groups is 4. The maximum absolute atomic E-state index is 13.1. The molecular weight excluding hydrogens is 568 g/mol. The van der Waals surface area contributed by atoms with Crippen molar-refractivity contribution in [3.63, 3.8) is 0 Å². The van der Waals surface area contributed by atoms with Crippen LogP contribution in [0.2, 0.25) is 0 Å². The molecular formula is C23H25N6O7S3+. The minimum absolute atomic E-state index is 0.0447. The van der Waals surface area contributed by atoms with Gasteiger partial charge in [0.2, 0.25) is 6.10 Å². The number of hydrogen-bond acceptors (Lipinski definition) is 11. The number of thioether (sulfide) groups is 2. The van der Waals surface area contributed by atoms with E-state index in [2.05, 4.69) is 15.5 Å². The van der Waals surface area contributed by atoms with Crippen LogP contribution < -0.4 is 15.6 Å². The predicted octanol–water partition coefficient (Wildman–Crippen LogP) is 0.757. The molecule has 2 aliphatic rings. The molecule has 4 heterocycles. The van der Waals surface area contributed by atoms with Gasteiger partial charge in [-0.2, -0.15) is 0 Å². The summed E-state index contributed by atoms with van der Waals surface area (Å²) in [5.74, 6) is -3.19. The first-order valence-corrected chi connectivity index (χ1v) is 14.5. The quantitative estimate of drug-likeness (QED) is 0.0946.